The second kappa shape index (κ2) is 4.78. The zero-order chi connectivity index (χ0) is 11.5. The Kier molecular flexibility index (Phi) is 3.39. The lowest BCUT2D eigenvalue weighted by Crippen LogP contribution is -2.48. The van der Waals surface area contributed by atoms with Crippen LogP contribution in [0.4, 0.5) is 5.82 Å². The van der Waals surface area contributed by atoms with Crippen molar-refractivity contribution in [3.63, 3.8) is 0 Å². The zero-order valence-corrected chi connectivity index (χ0v) is 10.1. The molecule has 4 nitrogen and oxygen atoms in total. The second-order valence-electron chi connectivity index (χ2n) is 4.59. The van der Waals surface area contributed by atoms with E-state index in [1.807, 2.05) is 6.92 Å². The second-order valence-corrected chi connectivity index (χ2v) is 4.59. The number of hydrogen-bond acceptors (Lipinski definition) is 4. The molecular weight excluding hydrogens is 200 g/mol. The minimum atomic E-state index is 0.264. The van der Waals surface area contributed by atoms with Gasteiger partial charge in [0, 0.05) is 31.5 Å². The molecule has 1 aliphatic carbocycles. The van der Waals surface area contributed by atoms with Crippen LogP contribution in [0.25, 0.3) is 0 Å². The van der Waals surface area contributed by atoms with Crippen LogP contribution < -0.4 is 10.6 Å². The summed E-state index contributed by atoms with van der Waals surface area (Å²) in [5.41, 5.74) is 7.15. The van der Waals surface area contributed by atoms with Gasteiger partial charge in [-0.25, -0.2) is 4.98 Å². The first-order chi connectivity index (χ1) is 7.70. The predicted octanol–water partition coefficient (Wildman–Crippen LogP) is 1.49. The summed E-state index contributed by atoms with van der Waals surface area (Å²) in [7, 11) is 2.08. The van der Waals surface area contributed by atoms with Crippen LogP contribution in [0.15, 0.2) is 12.4 Å². The average molecular weight is 220 g/mol. The van der Waals surface area contributed by atoms with Gasteiger partial charge in [0.1, 0.15) is 5.82 Å². The lowest BCUT2D eigenvalue weighted by Gasteiger charge is -2.37. The first kappa shape index (κ1) is 11.3. The van der Waals surface area contributed by atoms with Crippen molar-refractivity contribution in [1.29, 1.82) is 0 Å². The summed E-state index contributed by atoms with van der Waals surface area (Å²) in [6, 6.07) is 0.671. The zero-order valence-electron chi connectivity index (χ0n) is 10.1. The molecule has 0 spiro atoms. The molecular formula is C12H20N4. The fourth-order valence-corrected chi connectivity index (χ4v) is 2.52. The van der Waals surface area contributed by atoms with Crippen molar-refractivity contribution < 1.29 is 0 Å². The van der Waals surface area contributed by atoms with Gasteiger partial charge in [-0.2, -0.15) is 0 Å². The van der Waals surface area contributed by atoms with E-state index in [1.165, 1.54) is 12.8 Å². The summed E-state index contributed by atoms with van der Waals surface area (Å²) >= 11 is 0. The first-order valence-electron chi connectivity index (χ1n) is 5.96. The molecule has 88 valence electrons. The van der Waals surface area contributed by atoms with Gasteiger partial charge in [0.05, 0.1) is 5.69 Å². The summed E-state index contributed by atoms with van der Waals surface area (Å²) in [6.45, 7) is 1.99. The molecule has 2 N–H and O–H groups in total. The van der Waals surface area contributed by atoms with E-state index in [0.717, 1.165) is 24.4 Å². The maximum Gasteiger partial charge on any atom is 0.150 e. The van der Waals surface area contributed by atoms with E-state index in [1.54, 1.807) is 12.4 Å². The maximum atomic E-state index is 6.18. The van der Waals surface area contributed by atoms with E-state index in [4.69, 9.17) is 5.73 Å². The largest absolute Gasteiger partial charge is 0.354 e. The maximum absolute atomic E-state index is 6.18. The van der Waals surface area contributed by atoms with Crippen LogP contribution in [0.1, 0.15) is 31.4 Å². The third-order valence-electron chi connectivity index (χ3n) is 3.47. The number of hydrogen-bond donors (Lipinski definition) is 1. The minimum Gasteiger partial charge on any atom is -0.354 e. The Balaban J connectivity index is 2.17. The Hall–Kier alpha value is -1.16. The van der Waals surface area contributed by atoms with Crippen molar-refractivity contribution in [1.82, 2.24) is 9.97 Å². The van der Waals surface area contributed by atoms with Gasteiger partial charge in [0.25, 0.3) is 0 Å². The molecule has 0 amide bonds. The highest BCUT2D eigenvalue weighted by molar-refractivity contribution is 5.43. The molecule has 0 aromatic carbocycles. The van der Waals surface area contributed by atoms with Gasteiger partial charge < -0.3 is 10.6 Å². The van der Waals surface area contributed by atoms with Gasteiger partial charge in [-0.15, -0.1) is 0 Å². The molecule has 0 radical (unpaired) electrons. The van der Waals surface area contributed by atoms with Gasteiger partial charge in [-0.05, 0) is 19.8 Å². The van der Waals surface area contributed by atoms with Crippen molar-refractivity contribution in [3.05, 3.63) is 18.1 Å². The Morgan fingerprint density at radius 2 is 1.94 bits per heavy atom. The molecule has 0 aliphatic heterocycles. The molecule has 2 unspecified atom stereocenters. The van der Waals surface area contributed by atoms with Crippen molar-refractivity contribution in [2.75, 3.05) is 11.9 Å². The van der Waals surface area contributed by atoms with Gasteiger partial charge >= 0.3 is 0 Å². The third-order valence-corrected chi connectivity index (χ3v) is 3.47. The number of nitrogens with two attached hydrogens (primary N) is 1. The number of rotatable bonds is 2. The fourth-order valence-electron chi connectivity index (χ4n) is 2.52. The number of likely N-dealkylation sites (N-methyl/N-ethyl adjacent to an activating group) is 1. The molecule has 16 heavy (non-hydrogen) atoms. The first-order valence-corrected chi connectivity index (χ1v) is 5.96. The van der Waals surface area contributed by atoms with E-state index in [0.29, 0.717) is 6.04 Å². The standard InChI is InChI=1S/C12H20N4/c1-9-12(15-8-7-14-9)16(2)11-6-4-3-5-10(11)13/h7-8,10-11H,3-6,13H2,1-2H3. The van der Waals surface area contributed by atoms with Crippen LogP contribution in [0.5, 0.6) is 0 Å². The van der Waals surface area contributed by atoms with Gasteiger partial charge in [-0.3, -0.25) is 4.98 Å². The van der Waals surface area contributed by atoms with Gasteiger partial charge in [-0.1, -0.05) is 12.8 Å². The molecule has 2 atom stereocenters. The fraction of sp³-hybridized carbons (Fsp3) is 0.667. The average Bonchev–Trinajstić information content (AvgIpc) is 2.29. The topological polar surface area (TPSA) is 55.0 Å². The molecule has 1 fully saturated rings. The molecule has 1 aromatic heterocycles. The highest BCUT2D eigenvalue weighted by Crippen LogP contribution is 2.25. The van der Waals surface area contributed by atoms with Crippen molar-refractivity contribution in [2.45, 2.75) is 44.7 Å². The quantitative estimate of drug-likeness (QED) is 0.820. The Labute approximate surface area is 96.9 Å². The molecule has 1 saturated carbocycles. The van der Waals surface area contributed by atoms with Gasteiger partial charge in [0.15, 0.2) is 0 Å². The van der Waals surface area contributed by atoms with Crippen LogP contribution in [0.2, 0.25) is 0 Å². The van der Waals surface area contributed by atoms with Crippen molar-refractivity contribution >= 4 is 5.82 Å². The molecule has 0 saturated heterocycles. The lowest BCUT2D eigenvalue weighted by atomic mass is 9.90. The minimum absolute atomic E-state index is 0.264. The number of anilines is 1. The van der Waals surface area contributed by atoms with E-state index in [2.05, 4.69) is 21.9 Å². The van der Waals surface area contributed by atoms with Crippen LogP contribution in [0.3, 0.4) is 0 Å². The molecule has 1 aromatic rings. The normalized spacial score (nSPS) is 25.4. The molecule has 0 bridgehead atoms. The lowest BCUT2D eigenvalue weighted by molar-refractivity contribution is 0.372. The third kappa shape index (κ3) is 2.16. The summed E-state index contributed by atoms with van der Waals surface area (Å²) in [5, 5.41) is 0. The summed E-state index contributed by atoms with van der Waals surface area (Å²) in [4.78, 5) is 10.9. The van der Waals surface area contributed by atoms with Gasteiger partial charge in [0.2, 0.25) is 0 Å². The number of aromatic nitrogens is 2. The van der Waals surface area contributed by atoms with Crippen LogP contribution in [-0.4, -0.2) is 29.1 Å². The molecule has 2 rings (SSSR count). The molecule has 4 heteroatoms. The highest BCUT2D eigenvalue weighted by Gasteiger charge is 2.26. The Morgan fingerprint density at radius 3 is 2.62 bits per heavy atom. The Bertz CT molecular complexity index is 353. The van der Waals surface area contributed by atoms with E-state index >= 15 is 0 Å². The smallest absolute Gasteiger partial charge is 0.150 e. The van der Waals surface area contributed by atoms with E-state index in [9.17, 15) is 0 Å². The predicted molar refractivity (Wildman–Crippen MR) is 65.4 cm³/mol. The van der Waals surface area contributed by atoms with E-state index < -0.39 is 0 Å². The highest BCUT2D eigenvalue weighted by atomic mass is 15.2. The van der Waals surface area contributed by atoms with Crippen LogP contribution in [0, 0.1) is 6.92 Å². The monoisotopic (exact) mass is 220 g/mol. The number of nitrogens with zero attached hydrogens (tertiary/aromatic N) is 3. The molecule has 1 aliphatic rings. The van der Waals surface area contributed by atoms with Crippen molar-refractivity contribution in [3.8, 4) is 0 Å². The number of aryl methyl sites for hydroxylation is 1. The van der Waals surface area contributed by atoms with Crippen molar-refractivity contribution in [2.24, 2.45) is 5.73 Å². The summed E-state index contributed by atoms with van der Waals surface area (Å²) < 4.78 is 0. The molecule has 1 heterocycles. The summed E-state index contributed by atoms with van der Waals surface area (Å²) in [6.07, 6.45) is 8.27. The Morgan fingerprint density at radius 1 is 1.25 bits per heavy atom. The van der Waals surface area contributed by atoms with Crippen LogP contribution in [-0.2, 0) is 0 Å². The van der Waals surface area contributed by atoms with E-state index in [-0.39, 0.29) is 6.04 Å². The SMILES string of the molecule is Cc1nccnc1N(C)C1CCCCC1N. The van der Waals surface area contributed by atoms with Crippen LogP contribution >= 0.6 is 0 Å². The summed E-state index contributed by atoms with van der Waals surface area (Å²) in [5.74, 6) is 0.963.